The Labute approximate surface area is 292 Å². The summed E-state index contributed by atoms with van der Waals surface area (Å²) in [5.41, 5.74) is 7.99. The molecule has 6 aromatic carbocycles. The number of carbonyl (C=O) groups is 1. The molecular formula is C44H39NO5. The van der Waals surface area contributed by atoms with E-state index in [4.69, 9.17) is 9.47 Å². The van der Waals surface area contributed by atoms with Crippen molar-refractivity contribution in [3.8, 4) is 33.8 Å². The van der Waals surface area contributed by atoms with Gasteiger partial charge in [-0.1, -0.05) is 109 Å². The molecule has 7 rings (SSSR count). The second-order valence-electron chi connectivity index (χ2n) is 12.5. The van der Waals surface area contributed by atoms with Crippen LogP contribution in [0.1, 0.15) is 27.8 Å². The van der Waals surface area contributed by atoms with E-state index in [0.717, 1.165) is 61.4 Å². The van der Waals surface area contributed by atoms with Crippen LogP contribution < -0.4 is 14.4 Å². The Morgan fingerprint density at radius 2 is 1.02 bits per heavy atom. The summed E-state index contributed by atoms with van der Waals surface area (Å²) >= 11 is 0. The third-order valence-electron chi connectivity index (χ3n) is 9.35. The lowest BCUT2D eigenvalue weighted by molar-refractivity contribution is -0.120. The molecule has 1 aliphatic rings. The van der Waals surface area contributed by atoms with Crippen molar-refractivity contribution in [2.75, 3.05) is 31.3 Å². The molecule has 1 aliphatic heterocycles. The first-order chi connectivity index (χ1) is 24.5. The van der Waals surface area contributed by atoms with Crippen molar-refractivity contribution in [2.24, 2.45) is 0 Å². The highest BCUT2D eigenvalue weighted by Crippen LogP contribution is 2.55. The van der Waals surface area contributed by atoms with Crippen LogP contribution in [0.4, 0.5) is 11.4 Å². The van der Waals surface area contributed by atoms with Gasteiger partial charge in [-0.2, -0.15) is 0 Å². The average Bonchev–Trinajstić information content (AvgIpc) is 3.42. The molecule has 1 amide bonds. The molecule has 0 fully saturated rings. The molecule has 0 spiro atoms. The van der Waals surface area contributed by atoms with Crippen molar-refractivity contribution in [3.63, 3.8) is 0 Å². The first-order valence-electron chi connectivity index (χ1n) is 16.9. The number of para-hydroxylation sites is 2. The maximum Gasteiger partial charge on any atom is 0.251 e. The number of aliphatic hydroxyl groups is 2. The lowest BCUT2D eigenvalue weighted by Crippen LogP contribution is -2.40. The largest absolute Gasteiger partial charge is 0.490 e. The van der Waals surface area contributed by atoms with Crippen molar-refractivity contribution in [1.82, 2.24) is 0 Å². The maximum atomic E-state index is 15.7. The highest BCUT2D eigenvalue weighted by atomic mass is 16.5. The van der Waals surface area contributed by atoms with Crippen molar-refractivity contribution in [1.29, 1.82) is 0 Å². The van der Waals surface area contributed by atoms with E-state index in [1.807, 2.05) is 128 Å². The number of nitrogens with zero attached hydrogens (tertiary/aromatic N) is 1. The number of hydrogen-bond donors (Lipinski definition) is 2. The molecule has 6 heteroatoms. The fourth-order valence-corrected chi connectivity index (χ4v) is 7.26. The van der Waals surface area contributed by atoms with Crippen molar-refractivity contribution in [3.05, 3.63) is 167 Å². The van der Waals surface area contributed by atoms with Crippen LogP contribution in [0.2, 0.25) is 0 Å². The molecule has 0 saturated heterocycles. The Bertz CT molecular complexity index is 2030. The highest BCUT2D eigenvalue weighted by Gasteiger charge is 2.54. The summed E-state index contributed by atoms with van der Waals surface area (Å²) < 4.78 is 12.4. The molecular weight excluding hydrogens is 622 g/mol. The van der Waals surface area contributed by atoms with Crippen LogP contribution in [0, 0.1) is 13.8 Å². The van der Waals surface area contributed by atoms with Gasteiger partial charge in [0.15, 0.2) is 0 Å². The van der Waals surface area contributed by atoms with Gasteiger partial charge < -0.3 is 19.7 Å². The zero-order chi connectivity index (χ0) is 34.7. The van der Waals surface area contributed by atoms with Crippen molar-refractivity contribution < 1.29 is 24.5 Å². The van der Waals surface area contributed by atoms with E-state index in [2.05, 4.69) is 30.3 Å². The molecule has 0 aromatic heterocycles. The van der Waals surface area contributed by atoms with Gasteiger partial charge in [-0.15, -0.1) is 0 Å². The summed E-state index contributed by atoms with van der Waals surface area (Å²) in [5.74, 6) is 1.23. The molecule has 2 N–H and O–H groups in total. The minimum atomic E-state index is -1.28. The number of benzene rings is 6. The van der Waals surface area contributed by atoms with Gasteiger partial charge in [-0.05, 0) is 77.6 Å². The minimum Gasteiger partial charge on any atom is -0.490 e. The van der Waals surface area contributed by atoms with E-state index < -0.39 is 5.41 Å². The van der Waals surface area contributed by atoms with Crippen LogP contribution in [0.25, 0.3) is 22.3 Å². The van der Waals surface area contributed by atoms with Gasteiger partial charge in [0.2, 0.25) is 0 Å². The lowest BCUT2D eigenvalue weighted by atomic mass is 9.68. The molecule has 1 heterocycles. The predicted molar refractivity (Wildman–Crippen MR) is 198 cm³/mol. The fourth-order valence-electron chi connectivity index (χ4n) is 7.26. The fraction of sp³-hybridized carbons (Fsp3) is 0.159. The third kappa shape index (κ3) is 5.62. The number of ether oxygens (including phenoxy) is 2. The quantitative estimate of drug-likeness (QED) is 0.146. The summed E-state index contributed by atoms with van der Waals surface area (Å²) in [6.45, 7) is 4.02. The maximum absolute atomic E-state index is 15.7. The molecule has 0 bridgehead atoms. The van der Waals surface area contributed by atoms with E-state index in [-0.39, 0.29) is 32.3 Å². The van der Waals surface area contributed by atoms with Gasteiger partial charge in [0.1, 0.15) is 30.1 Å². The van der Waals surface area contributed by atoms with Crippen LogP contribution in [0.15, 0.2) is 140 Å². The van der Waals surface area contributed by atoms with E-state index in [1.165, 1.54) is 0 Å². The first-order valence-corrected chi connectivity index (χ1v) is 16.9. The molecule has 0 unspecified atom stereocenters. The van der Waals surface area contributed by atoms with Crippen molar-refractivity contribution in [2.45, 2.75) is 19.3 Å². The van der Waals surface area contributed by atoms with E-state index >= 15 is 4.79 Å². The molecule has 0 atom stereocenters. The zero-order valence-corrected chi connectivity index (χ0v) is 28.2. The van der Waals surface area contributed by atoms with Gasteiger partial charge in [0.25, 0.3) is 5.91 Å². The number of rotatable bonds is 11. The molecule has 0 aliphatic carbocycles. The Balaban J connectivity index is 1.59. The number of carbonyl (C=O) groups excluding carboxylic acids is 1. The van der Waals surface area contributed by atoms with E-state index in [0.29, 0.717) is 11.5 Å². The first kappa shape index (κ1) is 32.8. The Hall–Kier alpha value is -5.69. The number of aryl methyl sites for hydroxylation is 2. The zero-order valence-electron chi connectivity index (χ0n) is 28.2. The molecule has 50 heavy (non-hydrogen) atoms. The smallest absolute Gasteiger partial charge is 0.251 e. The van der Waals surface area contributed by atoms with Gasteiger partial charge in [0.05, 0.1) is 18.9 Å². The minimum absolute atomic E-state index is 0.102. The lowest BCUT2D eigenvalue weighted by Gasteiger charge is -2.33. The standard InChI is InChI=1S/C44H39NO5/c1-30-26-34(28-37(41(30)49-24-22-46)32-14-6-3-7-15-32)44(39-20-12-13-21-40(39)45(43(44)48)36-18-10-5-11-19-36)35-27-31(2)42(50-25-23-47)38(29-35)33-16-8-4-9-17-33/h3-21,26-29,46-47H,22-25H2,1-2H3. The molecule has 0 radical (unpaired) electrons. The van der Waals surface area contributed by atoms with Crippen LogP contribution in [-0.4, -0.2) is 42.5 Å². The number of anilines is 2. The van der Waals surface area contributed by atoms with E-state index in [1.54, 1.807) is 0 Å². The average molecular weight is 662 g/mol. The normalized spacial score (nSPS) is 13.3. The SMILES string of the molecule is Cc1cc(C2(c3cc(C)c(OCCO)c(-c4ccccc4)c3)C(=O)N(c3ccccc3)c3ccccc32)cc(-c2ccccc2)c1OCCO. The second-order valence-corrected chi connectivity index (χ2v) is 12.5. The monoisotopic (exact) mass is 661 g/mol. The van der Waals surface area contributed by atoms with Crippen molar-refractivity contribution >= 4 is 17.3 Å². The summed E-state index contributed by atoms with van der Waals surface area (Å²) in [4.78, 5) is 17.5. The van der Waals surface area contributed by atoms with Crippen LogP contribution in [0.5, 0.6) is 11.5 Å². The van der Waals surface area contributed by atoms with Crippen LogP contribution >= 0.6 is 0 Å². The molecule has 6 aromatic rings. The predicted octanol–water partition coefficient (Wildman–Crippen LogP) is 8.39. The second kappa shape index (κ2) is 14.0. The topological polar surface area (TPSA) is 79.2 Å². The summed E-state index contributed by atoms with van der Waals surface area (Å²) in [6.07, 6.45) is 0. The number of hydrogen-bond acceptors (Lipinski definition) is 5. The summed E-state index contributed by atoms with van der Waals surface area (Å²) in [6, 6.07) is 46.0. The van der Waals surface area contributed by atoms with Gasteiger partial charge in [-0.3, -0.25) is 9.69 Å². The molecule has 0 saturated carbocycles. The number of fused-ring (bicyclic) bond motifs is 1. The number of aliphatic hydroxyl groups excluding tert-OH is 2. The van der Waals surface area contributed by atoms with Gasteiger partial charge in [0, 0.05) is 22.4 Å². The Morgan fingerprint density at radius 1 is 0.580 bits per heavy atom. The highest BCUT2D eigenvalue weighted by molar-refractivity contribution is 6.17. The Kier molecular flexibility index (Phi) is 9.22. The van der Waals surface area contributed by atoms with Crippen LogP contribution in [-0.2, 0) is 10.2 Å². The molecule has 250 valence electrons. The summed E-state index contributed by atoms with van der Waals surface area (Å²) in [7, 11) is 0. The van der Waals surface area contributed by atoms with E-state index in [9.17, 15) is 10.2 Å². The van der Waals surface area contributed by atoms with Gasteiger partial charge in [-0.25, -0.2) is 0 Å². The van der Waals surface area contributed by atoms with Crippen LogP contribution in [0.3, 0.4) is 0 Å². The van der Waals surface area contributed by atoms with Gasteiger partial charge >= 0.3 is 0 Å². The third-order valence-corrected chi connectivity index (χ3v) is 9.35. The number of amides is 1. The molecule has 6 nitrogen and oxygen atoms in total. The summed E-state index contributed by atoms with van der Waals surface area (Å²) in [5, 5.41) is 19.4. The Morgan fingerprint density at radius 3 is 1.50 bits per heavy atom.